The van der Waals surface area contributed by atoms with Gasteiger partial charge >= 0.3 is 5.97 Å². The van der Waals surface area contributed by atoms with Crippen molar-refractivity contribution >= 4 is 23.6 Å². The molecule has 0 bridgehead atoms. The molecule has 5 nitrogen and oxygen atoms in total. The van der Waals surface area contributed by atoms with Crippen LogP contribution >= 0.6 is 11.8 Å². The third-order valence-electron chi connectivity index (χ3n) is 2.41. The Morgan fingerprint density at radius 3 is 2.85 bits per heavy atom. The summed E-state index contributed by atoms with van der Waals surface area (Å²) in [5, 5.41) is 11.3. The average molecular weight is 301 g/mol. The predicted octanol–water partition coefficient (Wildman–Crippen LogP) is 1.53. The van der Waals surface area contributed by atoms with E-state index in [4.69, 9.17) is 9.84 Å². The van der Waals surface area contributed by atoms with Gasteiger partial charge in [-0.25, -0.2) is 9.18 Å². The SMILES string of the molecule is CSCCC(NC(=O)COc1cccc(F)c1)C(=O)O. The number of benzene rings is 1. The molecule has 110 valence electrons. The number of carbonyl (C=O) groups is 2. The smallest absolute Gasteiger partial charge is 0.326 e. The molecule has 7 heteroatoms. The predicted molar refractivity (Wildman–Crippen MR) is 74.5 cm³/mol. The van der Waals surface area contributed by atoms with E-state index in [0.29, 0.717) is 12.2 Å². The lowest BCUT2D eigenvalue weighted by molar-refractivity contribution is -0.142. The van der Waals surface area contributed by atoms with Gasteiger partial charge < -0.3 is 15.2 Å². The summed E-state index contributed by atoms with van der Waals surface area (Å²) in [6.07, 6.45) is 2.19. The van der Waals surface area contributed by atoms with Gasteiger partial charge in [-0.05, 0) is 30.6 Å². The largest absolute Gasteiger partial charge is 0.484 e. The summed E-state index contributed by atoms with van der Waals surface area (Å²) in [4.78, 5) is 22.5. The summed E-state index contributed by atoms with van der Waals surface area (Å²) < 4.78 is 18.0. The molecule has 20 heavy (non-hydrogen) atoms. The summed E-state index contributed by atoms with van der Waals surface area (Å²) in [5.41, 5.74) is 0. The summed E-state index contributed by atoms with van der Waals surface area (Å²) in [6, 6.07) is 4.44. The second kappa shape index (κ2) is 8.42. The van der Waals surface area contributed by atoms with Crippen LogP contribution in [0.3, 0.4) is 0 Å². The molecule has 0 saturated heterocycles. The molecule has 0 spiro atoms. The van der Waals surface area contributed by atoms with Crippen molar-refractivity contribution in [1.82, 2.24) is 5.32 Å². The Morgan fingerprint density at radius 1 is 1.50 bits per heavy atom. The van der Waals surface area contributed by atoms with E-state index < -0.39 is 23.7 Å². The van der Waals surface area contributed by atoms with Gasteiger partial charge in [0, 0.05) is 6.07 Å². The van der Waals surface area contributed by atoms with Crippen molar-refractivity contribution in [1.29, 1.82) is 0 Å². The molecular weight excluding hydrogens is 285 g/mol. The van der Waals surface area contributed by atoms with Gasteiger partial charge in [-0.3, -0.25) is 4.79 Å². The van der Waals surface area contributed by atoms with E-state index in [0.717, 1.165) is 6.07 Å². The normalized spacial score (nSPS) is 11.7. The monoisotopic (exact) mass is 301 g/mol. The van der Waals surface area contributed by atoms with E-state index in [9.17, 15) is 14.0 Å². The van der Waals surface area contributed by atoms with Crippen molar-refractivity contribution in [3.63, 3.8) is 0 Å². The maximum atomic E-state index is 12.9. The zero-order valence-corrected chi connectivity index (χ0v) is 11.8. The summed E-state index contributed by atoms with van der Waals surface area (Å²) in [5.74, 6) is -1.26. The second-order valence-electron chi connectivity index (χ2n) is 3.99. The molecule has 0 saturated carbocycles. The molecule has 0 aliphatic rings. The van der Waals surface area contributed by atoms with Crippen LogP contribution in [-0.2, 0) is 9.59 Å². The van der Waals surface area contributed by atoms with Crippen LogP contribution in [0.4, 0.5) is 4.39 Å². The Bertz CT molecular complexity index is 469. The molecule has 0 fully saturated rings. The fourth-order valence-corrected chi connectivity index (χ4v) is 1.91. The van der Waals surface area contributed by atoms with Crippen LogP contribution in [0.15, 0.2) is 24.3 Å². The van der Waals surface area contributed by atoms with Crippen LogP contribution in [0.2, 0.25) is 0 Å². The Kier molecular flexibility index (Phi) is 6.86. The van der Waals surface area contributed by atoms with E-state index in [1.165, 1.54) is 30.0 Å². The Balaban J connectivity index is 2.43. The second-order valence-corrected chi connectivity index (χ2v) is 4.97. The number of carbonyl (C=O) groups excluding carboxylic acids is 1. The Hall–Kier alpha value is -1.76. The van der Waals surface area contributed by atoms with Crippen molar-refractivity contribution in [2.45, 2.75) is 12.5 Å². The van der Waals surface area contributed by atoms with Crippen molar-refractivity contribution in [3.8, 4) is 5.75 Å². The van der Waals surface area contributed by atoms with E-state index in [1.54, 1.807) is 0 Å². The van der Waals surface area contributed by atoms with Crippen LogP contribution in [0.1, 0.15) is 6.42 Å². The van der Waals surface area contributed by atoms with Crippen LogP contribution in [0.5, 0.6) is 5.75 Å². The summed E-state index contributed by atoms with van der Waals surface area (Å²) >= 11 is 1.50. The van der Waals surface area contributed by atoms with Crippen LogP contribution in [0, 0.1) is 5.82 Å². The number of thioether (sulfide) groups is 1. The lowest BCUT2D eigenvalue weighted by atomic mass is 10.2. The lowest BCUT2D eigenvalue weighted by Gasteiger charge is -2.14. The first-order valence-electron chi connectivity index (χ1n) is 5.92. The lowest BCUT2D eigenvalue weighted by Crippen LogP contribution is -2.43. The number of aliphatic carboxylic acids is 1. The van der Waals surface area contributed by atoms with E-state index in [2.05, 4.69) is 5.32 Å². The highest BCUT2D eigenvalue weighted by atomic mass is 32.2. The molecule has 1 unspecified atom stereocenters. The standard InChI is InChI=1S/C13H16FNO4S/c1-20-6-5-11(13(17)18)15-12(16)8-19-10-4-2-3-9(14)7-10/h2-4,7,11H,5-6,8H2,1H3,(H,15,16)(H,17,18). The molecule has 1 atom stereocenters. The van der Waals surface area contributed by atoms with Gasteiger partial charge in [0.05, 0.1) is 0 Å². The van der Waals surface area contributed by atoms with Crippen molar-refractivity contribution < 1.29 is 23.8 Å². The molecule has 0 radical (unpaired) electrons. The quantitative estimate of drug-likeness (QED) is 0.761. The van der Waals surface area contributed by atoms with E-state index >= 15 is 0 Å². The minimum atomic E-state index is -1.09. The number of rotatable bonds is 8. The maximum Gasteiger partial charge on any atom is 0.326 e. The molecule has 0 aliphatic heterocycles. The molecule has 0 heterocycles. The highest BCUT2D eigenvalue weighted by Gasteiger charge is 2.19. The third-order valence-corrected chi connectivity index (χ3v) is 3.05. The number of carboxylic acids is 1. The first kappa shape index (κ1) is 16.3. The van der Waals surface area contributed by atoms with E-state index in [1.807, 2.05) is 6.26 Å². The highest BCUT2D eigenvalue weighted by Crippen LogP contribution is 2.11. The average Bonchev–Trinajstić information content (AvgIpc) is 2.41. The van der Waals surface area contributed by atoms with Gasteiger partial charge in [0.2, 0.25) is 0 Å². The third kappa shape index (κ3) is 5.92. The highest BCUT2D eigenvalue weighted by molar-refractivity contribution is 7.98. The van der Waals surface area contributed by atoms with Gasteiger partial charge in [-0.15, -0.1) is 0 Å². The van der Waals surface area contributed by atoms with Crippen LogP contribution in [-0.4, -0.2) is 41.6 Å². The van der Waals surface area contributed by atoms with Gasteiger partial charge in [0.25, 0.3) is 5.91 Å². The number of ether oxygens (including phenoxy) is 1. The molecule has 2 N–H and O–H groups in total. The number of amides is 1. The van der Waals surface area contributed by atoms with Gasteiger partial charge in [0.1, 0.15) is 17.6 Å². The van der Waals surface area contributed by atoms with E-state index in [-0.39, 0.29) is 12.4 Å². The summed E-state index contributed by atoms with van der Waals surface area (Å²) in [7, 11) is 0. The number of hydrogen-bond acceptors (Lipinski definition) is 4. The van der Waals surface area contributed by atoms with Crippen molar-refractivity contribution in [3.05, 3.63) is 30.1 Å². The first-order valence-corrected chi connectivity index (χ1v) is 7.31. The molecule has 1 rings (SSSR count). The van der Waals surface area contributed by atoms with Gasteiger partial charge in [-0.1, -0.05) is 6.07 Å². The van der Waals surface area contributed by atoms with Crippen molar-refractivity contribution in [2.75, 3.05) is 18.6 Å². The fraction of sp³-hybridized carbons (Fsp3) is 0.385. The molecule has 1 aromatic rings. The topological polar surface area (TPSA) is 75.6 Å². The molecule has 1 amide bonds. The number of nitrogens with one attached hydrogen (secondary N) is 1. The fourth-order valence-electron chi connectivity index (χ4n) is 1.43. The van der Waals surface area contributed by atoms with Gasteiger partial charge in [-0.2, -0.15) is 11.8 Å². The van der Waals surface area contributed by atoms with Crippen LogP contribution < -0.4 is 10.1 Å². The van der Waals surface area contributed by atoms with Gasteiger partial charge in [0.15, 0.2) is 6.61 Å². The first-order chi connectivity index (χ1) is 9.52. The zero-order valence-electron chi connectivity index (χ0n) is 11.0. The van der Waals surface area contributed by atoms with Crippen LogP contribution in [0.25, 0.3) is 0 Å². The Labute approximate surface area is 120 Å². The summed E-state index contributed by atoms with van der Waals surface area (Å²) in [6.45, 7) is -0.355. The minimum Gasteiger partial charge on any atom is -0.484 e. The Morgan fingerprint density at radius 2 is 2.25 bits per heavy atom. The molecular formula is C13H16FNO4S. The number of halogens is 1. The minimum absolute atomic E-state index is 0.219. The molecule has 0 aliphatic carbocycles. The molecule has 0 aromatic heterocycles. The maximum absolute atomic E-state index is 12.9. The zero-order chi connectivity index (χ0) is 15.0. The number of carboxylic acid groups (broad SMARTS) is 1. The van der Waals surface area contributed by atoms with Crippen molar-refractivity contribution in [2.24, 2.45) is 0 Å². The molecule has 1 aromatic carbocycles. The number of hydrogen-bond donors (Lipinski definition) is 2.